The Morgan fingerprint density at radius 3 is 2.56 bits per heavy atom. The van der Waals surface area contributed by atoms with Gasteiger partial charge < -0.3 is 10.8 Å². The Kier molecular flexibility index (Phi) is 2.67. The number of benzene rings is 1. The van der Waals surface area contributed by atoms with Gasteiger partial charge in [0.1, 0.15) is 0 Å². The molecule has 0 saturated heterocycles. The van der Waals surface area contributed by atoms with Gasteiger partial charge in [0, 0.05) is 5.56 Å². The van der Waals surface area contributed by atoms with Crippen LogP contribution in [0.15, 0.2) is 24.3 Å². The molecule has 18 heavy (non-hydrogen) atoms. The summed E-state index contributed by atoms with van der Waals surface area (Å²) in [4.78, 5) is 11.5. The maximum Gasteiger partial charge on any atom is 0.248 e. The van der Waals surface area contributed by atoms with Crippen molar-refractivity contribution in [2.45, 2.75) is 31.8 Å². The van der Waals surface area contributed by atoms with Crippen LogP contribution in [0.1, 0.15) is 41.6 Å². The van der Waals surface area contributed by atoms with Crippen molar-refractivity contribution in [2.24, 2.45) is 23.5 Å². The molecule has 0 aliphatic heterocycles. The van der Waals surface area contributed by atoms with E-state index in [9.17, 15) is 9.90 Å². The number of nitrogens with two attached hydrogens (primary N) is 1. The molecule has 0 spiro atoms. The highest BCUT2D eigenvalue weighted by atomic mass is 16.3. The summed E-state index contributed by atoms with van der Waals surface area (Å²) in [6, 6.07) is 7.63. The number of rotatable bonds is 3. The Bertz CT molecular complexity index is 473. The van der Waals surface area contributed by atoms with Gasteiger partial charge in [0.2, 0.25) is 5.91 Å². The predicted octanol–water partition coefficient (Wildman–Crippen LogP) is 1.91. The number of fused-ring (bicyclic) bond motifs is 1. The Morgan fingerprint density at radius 1 is 1.33 bits per heavy atom. The number of carbonyl (C=O) groups excluding carboxylic acids is 1. The molecule has 3 heteroatoms. The smallest absolute Gasteiger partial charge is 0.248 e. The molecule has 0 heterocycles. The topological polar surface area (TPSA) is 63.3 Å². The lowest BCUT2D eigenvalue weighted by molar-refractivity contribution is 0.0998. The summed E-state index contributed by atoms with van der Waals surface area (Å²) in [5, 5.41) is 9.57. The van der Waals surface area contributed by atoms with E-state index in [1.54, 1.807) is 6.07 Å². The predicted molar refractivity (Wildman–Crippen MR) is 69.1 cm³/mol. The van der Waals surface area contributed by atoms with Crippen molar-refractivity contribution < 1.29 is 9.90 Å². The molecule has 1 amide bonds. The molecular formula is C15H19NO2. The first-order chi connectivity index (χ1) is 8.59. The minimum absolute atomic E-state index is 0.102. The van der Waals surface area contributed by atoms with E-state index >= 15 is 0 Å². The fraction of sp³-hybridized carbons (Fsp3) is 0.533. The minimum atomic E-state index is -0.344. The van der Waals surface area contributed by atoms with Crippen LogP contribution in [0.25, 0.3) is 0 Å². The fourth-order valence-electron chi connectivity index (χ4n) is 3.93. The summed E-state index contributed by atoms with van der Waals surface area (Å²) in [7, 11) is 0. The van der Waals surface area contributed by atoms with Gasteiger partial charge in [-0.1, -0.05) is 25.1 Å². The summed E-state index contributed by atoms with van der Waals surface area (Å²) in [6.45, 7) is 2.18. The average molecular weight is 245 g/mol. The fourth-order valence-corrected chi connectivity index (χ4v) is 3.93. The molecule has 3 N–H and O–H groups in total. The molecule has 0 radical (unpaired) electrons. The van der Waals surface area contributed by atoms with Crippen LogP contribution in [0.5, 0.6) is 0 Å². The molecule has 0 bridgehead atoms. The van der Waals surface area contributed by atoms with Crippen LogP contribution in [0.3, 0.4) is 0 Å². The van der Waals surface area contributed by atoms with Crippen molar-refractivity contribution in [3.8, 4) is 0 Å². The second-order valence-electron chi connectivity index (χ2n) is 5.77. The lowest BCUT2D eigenvalue weighted by Gasteiger charge is -2.18. The van der Waals surface area contributed by atoms with Crippen LogP contribution >= 0.6 is 0 Å². The highest BCUT2D eigenvalue weighted by Gasteiger charge is 2.57. The summed E-state index contributed by atoms with van der Waals surface area (Å²) >= 11 is 0. The molecule has 96 valence electrons. The maximum atomic E-state index is 11.5. The zero-order valence-corrected chi connectivity index (χ0v) is 10.5. The molecule has 3 nitrogen and oxygen atoms in total. The van der Waals surface area contributed by atoms with E-state index in [-0.39, 0.29) is 12.0 Å². The van der Waals surface area contributed by atoms with Gasteiger partial charge >= 0.3 is 0 Å². The molecule has 3 atom stereocenters. The van der Waals surface area contributed by atoms with Crippen molar-refractivity contribution in [3.05, 3.63) is 35.4 Å². The van der Waals surface area contributed by atoms with Gasteiger partial charge in [-0.05, 0) is 48.1 Å². The van der Waals surface area contributed by atoms with Crippen LogP contribution in [0.2, 0.25) is 0 Å². The van der Waals surface area contributed by atoms with Crippen LogP contribution in [0, 0.1) is 17.8 Å². The van der Waals surface area contributed by atoms with Crippen molar-refractivity contribution in [3.63, 3.8) is 0 Å². The van der Waals surface area contributed by atoms with Crippen LogP contribution < -0.4 is 5.73 Å². The van der Waals surface area contributed by atoms with Crippen LogP contribution in [0.4, 0.5) is 0 Å². The van der Waals surface area contributed by atoms with E-state index in [0.717, 1.165) is 18.4 Å². The van der Waals surface area contributed by atoms with E-state index in [0.29, 0.717) is 29.2 Å². The molecule has 2 fully saturated rings. The molecule has 1 aromatic rings. The normalized spacial score (nSPS) is 32.0. The van der Waals surface area contributed by atoms with Gasteiger partial charge in [-0.15, -0.1) is 0 Å². The quantitative estimate of drug-likeness (QED) is 0.854. The first kappa shape index (κ1) is 11.7. The lowest BCUT2D eigenvalue weighted by atomic mass is 9.88. The summed E-state index contributed by atoms with van der Waals surface area (Å²) in [6.07, 6.45) is 1.76. The number of hydrogen-bond donors (Lipinski definition) is 2. The van der Waals surface area contributed by atoms with Gasteiger partial charge in [-0.3, -0.25) is 4.79 Å². The first-order valence-corrected chi connectivity index (χ1v) is 6.66. The van der Waals surface area contributed by atoms with E-state index in [1.165, 1.54) is 0 Å². The summed E-state index contributed by atoms with van der Waals surface area (Å²) < 4.78 is 0. The highest BCUT2D eigenvalue weighted by Crippen LogP contribution is 2.62. The van der Waals surface area contributed by atoms with Gasteiger partial charge in [-0.2, -0.15) is 0 Å². The Hall–Kier alpha value is -1.35. The number of aliphatic hydroxyl groups is 1. The minimum Gasteiger partial charge on any atom is -0.393 e. The molecular weight excluding hydrogens is 226 g/mol. The molecule has 0 aromatic heterocycles. The molecule has 0 unspecified atom stereocenters. The molecule has 3 rings (SSSR count). The zero-order valence-electron chi connectivity index (χ0n) is 10.5. The summed E-state index contributed by atoms with van der Waals surface area (Å²) in [5.41, 5.74) is 7.15. The van der Waals surface area contributed by atoms with Crippen molar-refractivity contribution >= 4 is 5.91 Å². The Morgan fingerprint density at radius 2 is 1.94 bits per heavy atom. The SMILES string of the molecule is C[C@@H](c1ccccc1C(N)=O)C1[C@@H]2CC(O)C[C@@H]12. The van der Waals surface area contributed by atoms with Crippen LogP contribution in [-0.2, 0) is 0 Å². The van der Waals surface area contributed by atoms with Crippen molar-refractivity contribution in [1.82, 2.24) is 0 Å². The average Bonchev–Trinajstić information content (AvgIpc) is 2.86. The van der Waals surface area contributed by atoms with E-state index in [2.05, 4.69) is 6.92 Å². The van der Waals surface area contributed by atoms with Crippen LogP contribution in [-0.4, -0.2) is 17.1 Å². The Balaban J connectivity index is 1.82. The van der Waals surface area contributed by atoms with Crippen molar-refractivity contribution in [1.29, 1.82) is 0 Å². The van der Waals surface area contributed by atoms with E-state index in [1.807, 2.05) is 18.2 Å². The van der Waals surface area contributed by atoms with Gasteiger partial charge in [0.15, 0.2) is 0 Å². The third-order valence-corrected chi connectivity index (χ3v) is 4.78. The van der Waals surface area contributed by atoms with E-state index < -0.39 is 0 Å². The van der Waals surface area contributed by atoms with Gasteiger partial charge in [-0.25, -0.2) is 0 Å². The van der Waals surface area contributed by atoms with Gasteiger partial charge in [0.05, 0.1) is 6.10 Å². The maximum absolute atomic E-state index is 11.5. The molecule has 2 aliphatic rings. The third kappa shape index (κ3) is 1.74. The second kappa shape index (κ2) is 4.09. The number of amides is 1. The molecule has 2 saturated carbocycles. The largest absolute Gasteiger partial charge is 0.393 e. The number of primary amides is 1. The van der Waals surface area contributed by atoms with E-state index in [4.69, 9.17) is 5.73 Å². The first-order valence-electron chi connectivity index (χ1n) is 6.66. The Labute approximate surface area is 107 Å². The zero-order chi connectivity index (χ0) is 12.9. The standard InChI is InChI=1S/C15H19NO2/c1-8(14-12-6-9(17)7-13(12)14)10-4-2-3-5-11(10)15(16)18/h2-5,8-9,12-14,17H,6-7H2,1H3,(H2,16,18)/t8-,9?,12+,13+,14?/m0/s1. The van der Waals surface area contributed by atoms with Gasteiger partial charge in [0.25, 0.3) is 0 Å². The highest BCUT2D eigenvalue weighted by molar-refractivity contribution is 5.94. The second-order valence-corrected chi connectivity index (χ2v) is 5.77. The number of carbonyl (C=O) groups is 1. The van der Waals surface area contributed by atoms with Crippen molar-refractivity contribution in [2.75, 3.05) is 0 Å². The lowest BCUT2D eigenvalue weighted by Crippen LogP contribution is -2.16. The molecule has 1 aromatic carbocycles. The number of hydrogen-bond acceptors (Lipinski definition) is 2. The summed E-state index contributed by atoms with van der Waals surface area (Å²) in [5.74, 6) is 1.93. The number of aliphatic hydroxyl groups excluding tert-OH is 1. The third-order valence-electron chi connectivity index (χ3n) is 4.78. The molecule has 2 aliphatic carbocycles. The monoisotopic (exact) mass is 245 g/mol.